The Hall–Kier alpha value is -0.890. The summed E-state index contributed by atoms with van der Waals surface area (Å²) in [5.41, 5.74) is 2.64. The van der Waals surface area contributed by atoms with Crippen LogP contribution in [0.2, 0.25) is 0 Å². The summed E-state index contributed by atoms with van der Waals surface area (Å²) in [6, 6.07) is 2.12. The minimum Gasteiger partial charge on any atom is -0.323 e. The van der Waals surface area contributed by atoms with Crippen LogP contribution < -0.4 is 4.57 Å². The molecule has 0 spiro atoms. The first-order valence-electron chi connectivity index (χ1n) is 5.28. The monoisotopic (exact) mass is 194 g/mol. The van der Waals surface area contributed by atoms with Gasteiger partial charge in [0.1, 0.15) is 0 Å². The number of pyridine rings is 1. The van der Waals surface area contributed by atoms with Crippen LogP contribution in [0.5, 0.6) is 0 Å². The molecule has 1 aromatic heterocycles. The fourth-order valence-electron chi connectivity index (χ4n) is 1.23. The lowest BCUT2D eigenvalue weighted by molar-refractivity contribution is -0.733. The quantitative estimate of drug-likeness (QED) is 0.518. The van der Waals surface area contributed by atoms with E-state index in [1.54, 1.807) is 0 Å². The zero-order valence-corrected chi connectivity index (χ0v) is 9.42. The van der Waals surface area contributed by atoms with Crippen molar-refractivity contribution in [3.05, 3.63) is 29.6 Å². The number of rotatable bonds is 5. The Morgan fingerprint density at radius 2 is 2.07 bits per heavy atom. The molecular weight excluding hydrogens is 174 g/mol. The van der Waals surface area contributed by atoms with Crippen LogP contribution in [0.15, 0.2) is 18.5 Å². The van der Waals surface area contributed by atoms with Gasteiger partial charge in [-0.15, -0.1) is 0 Å². The third-order valence-electron chi connectivity index (χ3n) is 2.38. The standard InChI is InChI=1S/C12H20NO/c1-4-5-8-14-10-13-7-6-11(2)12(3)9-13/h6-7,9H,4-5,8,10H2,1-3H3/q+1. The predicted molar refractivity (Wildman–Crippen MR) is 57.0 cm³/mol. The van der Waals surface area contributed by atoms with E-state index >= 15 is 0 Å². The average Bonchev–Trinajstić information content (AvgIpc) is 2.18. The van der Waals surface area contributed by atoms with Gasteiger partial charge < -0.3 is 4.74 Å². The molecule has 0 aliphatic carbocycles. The van der Waals surface area contributed by atoms with Gasteiger partial charge in [0, 0.05) is 11.6 Å². The van der Waals surface area contributed by atoms with E-state index in [2.05, 4.69) is 43.8 Å². The summed E-state index contributed by atoms with van der Waals surface area (Å²) in [6.07, 6.45) is 6.53. The Bertz CT molecular complexity index is 284. The van der Waals surface area contributed by atoms with Crippen LogP contribution in [0.3, 0.4) is 0 Å². The predicted octanol–water partition coefficient (Wildman–Crippen LogP) is 2.37. The minimum absolute atomic E-state index is 0.668. The SMILES string of the molecule is CCCCOC[n+]1ccc(C)c(C)c1. The zero-order valence-electron chi connectivity index (χ0n) is 9.42. The van der Waals surface area contributed by atoms with E-state index in [4.69, 9.17) is 4.74 Å². The number of hydrogen-bond acceptors (Lipinski definition) is 1. The minimum atomic E-state index is 0.668. The molecule has 0 aliphatic rings. The Labute approximate surface area is 86.5 Å². The van der Waals surface area contributed by atoms with Gasteiger partial charge in [0.2, 0.25) is 0 Å². The number of aryl methyl sites for hydroxylation is 2. The normalized spacial score (nSPS) is 10.5. The third-order valence-corrected chi connectivity index (χ3v) is 2.38. The lowest BCUT2D eigenvalue weighted by atomic mass is 10.2. The number of ether oxygens (including phenoxy) is 1. The van der Waals surface area contributed by atoms with Crippen molar-refractivity contribution in [3.8, 4) is 0 Å². The van der Waals surface area contributed by atoms with Crippen LogP contribution in [0.4, 0.5) is 0 Å². The van der Waals surface area contributed by atoms with E-state index in [1.165, 1.54) is 17.5 Å². The molecular formula is C12H20NO+. The largest absolute Gasteiger partial charge is 0.323 e. The Kier molecular flexibility index (Phi) is 4.60. The van der Waals surface area contributed by atoms with Crippen molar-refractivity contribution in [2.45, 2.75) is 40.3 Å². The molecule has 0 radical (unpaired) electrons. The molecule has 0 saturated heterocycles. The first kappa shape index (κ1) is 11.2. The average molecular weight is 194 g/mol. The maximum atomic E-state index is 5.52. The van der Waals surface area contributed by atoms with Crippen molar-refractivity contribution in [3.63, 3.8) is 0 Å². The molecule has 2 heteroatoms. The van der Waals surface area contributed by atoms with Gasteiger partial charge in [-0.3, -0.25) is 0 Å². The summed E-state index contributed by atoms with van der Waals surface area (Å²) < 4.78 is 7.60. The highest BCUT2D eigenvalue weighted by molar-refractivity contribution is 5.16. The summed E-state index contributed by atoms with van der Waals surface area (Å²) >= 11 is 0. The van der Waals surface area contributed by atoms with Gasteiger partial charge in [-0.25, -0.2) is 0 Å². The van der Waals surface area contributed by atoms with Gasteiger partial charge >= 0.3 is 0 Å². The van der Waals surface area contributed by atoms with Crippen molar-refractivity contribution in [2.75, 3.05) is 6.61 Å². The molecule has 1 rings (SSSR count). The fourth-order valence-corrected chi connectivity index (χ4v) is 1.23. The molecule has 0 unspecified atom stereocenters. The maximum Gasteiger partial charge on any atom is 0.252 e. The summed E-state index contributed by atoms with van der Waals surface area (Å²) in [7, 11) is 0. The van der Waals surface area contributed by atoms with Gasteiger partial charge in [0.15, 0.2) is 12.4 Å². The highest BCUT2D eigenvalue weighted by atomic mass is 16.5. The summed E-state index contributed by atoms with van der Waals surface area (Å²) in [4.78, 5) is 0. The highest BCUT2D eigenvalue weighted by Crippen LogP contribution is 2.00. The number of unbranched alkanes of at least 4 members (excludes halogenated alkanes) is 1. The third kappa shape index (κ3) is 3.46. The Morgan fingerprint density at radius 1 is 1.29 bits per heavy atom. The van der Waals surface area contributed by atoms with Crippen LogP contribution in [0.25, 0.3) is 0 Å². The highest BCUT2D eigenvalue weighted by Gasteiger charge is 2.01. The fraction of sp³-hybridized carbons (Fsp3) is 0.583. The van der Waals surface area contributed by atoms with Gasteiger partial charge in [-0.1, -0.05) is 13.3 Å². The first-order valence-corrected chi connectivity index (χ1v) is 5.28. The van der Waals surface area contributed by atoms with Crippen LogP contribution >= 0.6 is 0 Å². The molecule has 0 atom stereocenters. The van der Waals surface area contributed by atoms with Crippen molar-refractivity contribution >= 4 is 0 Å². The first-order chi connectivity index (χ1) is 6.74. The summed E-state index contributed by atoms with van der Waals surface area (Å²) in [5.74, 6) is 0. The lowest BCUT2D eigenvalue weighted by Crippen LogP contribution is -2.34. The van der Waals surface area contributed by atoms with Crippen LogP contribution in [0.1, 0.15) is 30.9 Å². The van der Waals surface area contributed by atoms with Crippen LogP contribution in [0, 0.1) is 13.8 Å². The van der Waals surface area contributed by atoms with Crippen molar-refractivity contribution in [2.24, 2.45) is 0 Å². The van der Waals surface area contributed by atoms with Gasteiger partial charge in [0.25, 0.3) is 6.73 Å². The van der Waals surface area contributed by atoms with E-state index in [1.807, 2.05) is 0 Å². The summed E-state index contributed by atoms with van der Waals surface area (Å²) in [6.45, 7) is 7.94. The number of aromatic nitrogens is 1. The zero-order chi connectivity index (χ0) is 10.4. The molecule has 78 valence electrons. The molecule has 1 heterocycles. The maximum absolute atomic E-state index is 5.52. The summed E-state index contributed by atoms with van der Waals surface area (Å²) in [5, 5.41) is 0. The molecule has 0 saturated carbocycles. The number of nitrogens with zero attached hydrogens (tertiary/aromatic N) is 1. The van der Waals surface area contributed by atoms with Crippen molar-refractivity contribution in [1.29, 1.82) is 0 Å². The molecule has 0 amide bonds. The molecule has 0 bridgehead atoms. The van der Waals surface area contributed by atoms with Crippen molar-refractivity contribution in [1.82, 2.24) is 0 Å². The molecule has 14 heavy (non-hydrogen) atoms. The number of hydrogen-bond donors (Lipinski definition) is 0. The van der Waals surface area contributed by atoms with Crippen LogP contribution in [-0.2, 0) is 11.5 Å². The Morgan fingerprint density at radius 3 is 2.71 bits per heavy atom. The molecule has 0 aromatic carbocycles. The van der Waals surface area contributed by atoms with Gasteiger partial charge in [0.05, 0.1) is 6.61 Å². The smallest absolute Gasteiger partial charge is 0.252 e. The van der Waals surface area contributed by atoms with E-state index in [9.17, 15) is 0 Å². The molecule has 1 aromatic rings. The second-order valence-corrected chi connectivity index (χ2v) is 3.72. The van der Waals surface area contributed by atoms with E-state index in [-0.39, 0.29) is 0 Å². The second kappa shape index (κ2) is 5.76. The Balaban J connectivity index is 2.39. The van der Waals surface area contributed by atoms with E-state index in [0.29, 0.717) is 6.73 Å². The van der Waals surface area contributed by atoms with E-state index in [0.717, 1.165) is 13.0 Å². The van der Waals surface area contributed by atoms with Gasteiger partial charge in [-0.2, -0.15) is 4.57 Å². The molecule has 0 fully saturated rings. The van der Waals surface area contributed by atoms with Gasteiger partial charge in [-0.05, 0) is 25.8 Å². The van der Waals surface area contributed by atoms with Crippen molar-refractivity contribution < 1.29 is 9.30 Å². The molecule has 0 aliphatic heterocycles. The molecule has 0 N–H and O–H groups in total. The molecule has 2 nitrogen and oxygen atoms in total. The van der Waals surface area contributed by atoms with Crippen LogP contribution in [-0.4, -0.2) is 6.61 Å². The van der Waals surface area contributed by atoms with E-state index < -0.39 is 0 Å². The lowest BCUT2D eigenvalue weighted by Gasteiger charge is -2.01. The second-order valence-electron chi connectivity index (χ2n) is 3.72. The topological polar surface area (TPSA) is 13.1 Å².